The maximum atomic E-state index is 8.50. The Morgan fingerprint density at radius 2 is 2.36 bits per heavy atom. The first-order valence-electron chi connectivity index (χ1n) is 4.13. The Balaban J connectivity index is 3.07. The monoisotopic (exact) mass is 212 g/mol. The second kappa shape index (κ2) is 4.80. The number of oxime groups is 1. The van der Waals surface area contributed by atoms with Gasteiger partial charge in [-0.3, -0.25) is 0 Å². The molecule has 0 aliphatic rings. The van der Waals surface area contributed by atoms with Gasteiger partial charge in [0.05, 0.1) is 0 Å². The van der Waals surface area contributed by atoms with E-state index in [9.17, 15) is 0 Å². The van der Waals surface area contributed by atoms with Crippen molar-refractivity contribution in [3.05, 3.63) is 17.5 Å². The summed E-state index contributed by atoms with van der Waals surface area (Å²) in [4.78, 5) is 8.33. The molecule has 0 atom stereocenters. The third kappa shape index (κ3) is 2.59. The predicted molar refractivity (Wildman–Crippen MR) is 55.7 cm³/mol. The van der Waals surface area contributed by atoms with E-state index >= 15 is 0 Å². The number of thioether (sulfide) groups is 1. The molecule has 0 saturated carbocycles. The molecule has 0 fully saturated rings. The fourth-order valence-corrected chi connectivity index (χ4v) is 1.55. The highest BCUT2D eigenvalue weighted by atomic mass is 32.2. The summed E-state index contributed by atoms with van der Waals surface area (Å²) >= 11 is 1.52. The second-order valence-electron chi connectivity index (χ2n) is 2.60. The van der Waals surface area contributed by atoms with Crippen LogP contribution in [0.1, 0.15) is 18.3 Å². The SMILES string of the molecule is CCSc1nc(C)cc(/C(N)=N/O)n1. The van der Waals surface area contributed by atoms with Gasteiger partial charge in [0.2, 0.25) is 0 Å². The minimum Gasteiger partial charge on any atom is -0.409 e. The summed E-state index contributed by atoms with van der Waals surface area (Å²) in [5.74, 6) is 0.896. The summed E-state index contributed by atoms with van der Waals surface area (Å²) < 4.78 is 0. The minimum atomic E-state index is 0.00783. The first-order valence-corrected chi connectivity index (χ1v) is 5.12. The van der Waals surface area contributed by atoms with Crippen LogP contribution in [-0.2, 0) is 0 Å². The molecule has 1 heterocycles. The van der Waals surface area contributed by atoms with Gasteiger partial charge >= 0.3 is 0 Å². The smallest absolute Gasteiger partial charge is 0.188 e. The zero-order valence-corrected chi connectivity index (χ0v) is 8.88. The van der Waals surface area contributed by atoms with Crippen LogP contribution in [0.3, 0.4) is 0 Å². The van der Waals surface area contributed by atoms with Crippen molar-refractivity contribution >= 4 is 17.6 Å². The van der Waals surface area contributed by atoms with Crippen LogP contribution >= 0.6 is 11.8 Å². The fraction of sp³-hybridized carbons (Fsp3) is 0.375. The highest BCUT2D eigenvalue weighted by Crippen LogP contribution is 2.13. The first kappa shape index (κ1) is 10.8. The number of aromatic nitrogens is 2. The molecule has 6 heteroatoms. The summed E-state index contributed by atoms with van der Waals surface area (Å²) in [6, 6.07) is 1.68. The summed E-state index contributed by atoms with van der Waals surface area (Å²) in [5.41, 5.74) is 6.69. The van der Waals surface area contributed by atoms with Crippen LogP contribution in [0.2, 0.25) is 0 Å². The summed E-state index contributed by atoms with van der Waals surface area (Å²) in [7, 11) is 0. The number of nitrogens with two attached hydrogens (primary N) is 1. The lowest BCUT2D eigenvalue weighted by molar-refractivity contribution is 0.318. The van der Waals surface area contributed by atoms with Gasteiger partial charge in [0.1, 0.15) is 5.69 Å². The van der Waals surface area contributed by atoms with E-state index in [0.717, 1.165) is 11.4 Å². The van der Waals surface area contributed by atoms with Gasteiger partial charge in [-0.25, -0.2) is 9.97 Å². The van der Waals surface area contributed by atoms with Crippen molar-refractivity contribution in [2.75, 3.05) is 5.75 Å². The summed E-state index contributed by atoms with van der Waals surface area (Å²) in [6.07, 6.45) is 0. The Hall–Kier alpha value is -1.30. The molecule has 0 aromatic carbocycles. The van der Waals surface area contributed by atoms with Crippen LogP contribution in [-0.4, -0.2) is 26.8 Å². The Morgan fingerprint density at radius 3 is 2.93 bits per heavy atom. The highest BCUT2D eigenvalue weighted by molar-refractivity contribution is 7.99. The molecule has 76 valence electrons. The lowest BCUT2D eigenvalue weighted by Gasteiger charge is -2.02. The Bertz CT molecular complexity index is 353. The Labute approximate surface area is 86.4 Å². The van der Waals surface area contributed by atoms with Gasteiger partial charge < -0.3 is 10.9 Å². The van der Waals surface area contributed by atoms with Crippen molar-refractivity contribution in [3.8, 4) is 0 Å². The maximum absolute atomic E-state index is 8.50. The molecular weight excluding hydrogens is 200 g/mol. The standard InChI is InChI=1S/C8H12N4OS/c1-3-14-8-10-5(2)4-6(11-8)7(9)12-13/h4,13H,3H2,1-2H3,(H2,9,12). The molecule has 0 radical (unpaired) electrons. The number of aryl methyl sites for hydroxylation is 1. The van der Waals surface area contributed by atoms with Crippen molar-refractivity contribution in [2.45, 2.75) is 19.0 Å². The lowest BCUT2D eigenvalue weighted by atomic mass is 10.3. The average molecular weight is 212 g/mol. The van der Waals surface area contributed by atoms with Crippen LogP contribution in [0.25, 0.3) is 0 Å². The van der Waals surface area contributed by atoms with Crippen molar-refractivity contribution in [3.63, 3.8) is 0 Å². The summed E-state index contributed by atoms with van der Waals surface area (Å²) in [5, 5.41) is 12.0. The van der Waals surface area contributed by atoms with Crippen molar-refractivity contribution in [2.24, 2.45) is 10.9 Å². The zero-order chi connectivity index (χ0) is 10.6. The van der Waals surface area contributed by atoms with E-state index in [1.54, 1.807) is 6.07 Å². The van der Waals surface area contributed by atoms with Gasteiger partial charge in [-0.15, -0.1) is 0 Å². The minimum absolute atomic E-state index is 0.00783. The quantitative estimate of drug-likeness (QED) is 0.195. The van der Waals surface area contributed by atoms with E-state index in [-0.39, 0.29) is 5.84 Å². The zero-order valence-electron chi connectivity index (χ0n) is 8.06. The van der Waals surface area contributed by atoms with E-state index in [1.807, 2.05) is 13.8 Å². The van der Waals surface area contributed by atoms with Crippen LogP contribution < -0.4 is 5.73 Å². The molecule has 0 bridgehead atoms. The van der Waals surface area contributed by atoms with E-state index in [4.69, 9.17) is 10.9 Å². The molecule has 0 saturated heterocycles. The van der Waals surface area contributed by atoms with E-state index in [1.165, 1.54) is 11.8 Å². The van der Waals surface area contributed by atoms with Crippen molar-refractivity contribution in [1.29, 1.82) is 0 Å². The molecule has 0 spiro atoms. The number of rotatable bonds is 3. The molecular formula is C8H12N4OS. The molecule has 14 heavy (non-hydrogen) atoms. The number of hydrogen-bond acceptors (Lipinski definition) is 5. The number of hydrogen-bond donors (Lipinski definition) is 2. The van der Waals surface area contributed by atoms with Crippen molar-refractivity contribution < 1.29 is 5.21 Å². The Kier molecular flexibility index (Phi) is 3.70. The van der Waals surface area contributed by atoms with Crippen LogP contribution in [0.5, 0.6) is 0 Å². The topological polar surface area (TPSA) is 84.4 Å². The van der Waals surface area contributed by atoms with E-state index in [0.29, 0.717) is 10.9 Å². The van der Waals surface area contributed by atoms with Crippen molar-refractivity contribution in [1.82, 2.24) is 9.97 Å². The molecule has 0 aliphatic carbocycles. The van der Waals surface area contributed by atoms with Crippen LogP contribution in [0.15, 0.2) is 16.4 Å². The molecule has 1 aromatic heterocycles. The van der Waals surface area contributed by atoms with Gasteiger partial charge in [0.15, 0.2) is 11.0 Å². The highest BCUT2D eigenvalue weighted by Gasteiger charge is 2.05. The van der Waals surface area contributed by atoms with Gasteiger partial charge in [-0.1, -0.05) is 23.8 Å². The molecule has 0 aliphatic heterocycles. The van der Waals surface area contributed by atoms with Gasteiger partial charge in [0, 0.05) is 5.69 Å². The normalized spacial score (nSPS) is 11.7. The summed E-state index contributed by atoms with van der Waals surface area (Å²) in [6.45, 7) is 3.86. The molecule has 1 rings (SSSR count). The predicted octanol–water partition coefficient (Wildman–Crippen LogP) is 0.992. The molecule has 1 aromatic rings. The van der Waals surface area contributed by atoms with E-state index in [2.05, 4.69) is 15.1 Å². The van der Waals surface area contributed by atoms with Crippen LogP contribution in [0, 0.1) is 6.92 Å². The molecule has 5 nitrogen and oxygen atoms in total. The van der Waals surface area contributed by atoms with Gasteiger partial charge in [-0.05, 0) is 18.7 Å². The van der Waals surface area contributed by atoms with Gasteiger partial charge in [0.25, 0.3) is 0 Å². The first-order chi connectivity index (χ1) is 6.67. The molecule has 0 unspecified atom stereocenters. The van der Waals surface area contributed by atoms with E-state index < -0.39 is 0 Å². The fourth-order valence-electron chi connectivity index (χ4n) is 0.917. The Morgan fingerprint density at radius 1 is 1.64 bits per heavy atom. The lowest BCUT2D eigenvalue weighted by Crippen LogP contribution is -2.16. The maximum Gasteiger partial charge on any atom is 0.188 e. The van der Waals surface area contributed by atoms with Crippen LogP contribution in [0.4, 0.5) is 0 Å². The average Bonchev–Trinajstić information content (AvgIpc) is 2.16. The third-order valence-electron chi connectivity index (χ3n) is 1.48. The third-order valence-corrected chi connectivity index (χ3v) is 2.21. The second-order valence-corrected chi connectivity index (χ2v) is 3.83. The number of nitrogens with zero attached hydrogens (tertiary/aromatic N) is 3. The largest absolute Gasteiger partial charge is 0.409 e. The molecule has 0 amide bonds. The number of amidine groups is 1. The molecule has 3 N–H and O–H groups in total. The van der Waals surface area contributed by atoms with Gasteiger partial charge in [-0.2, -0.15) is 0 Å².